The zero-order valence-electron chi connectivity index (χ0n) is 12.2. The Hall–Kier alpha value is -1.37. The largest absolute Gasteiger partial charge is 0.383 e. The first-order valence-corrected chi connectivity index (χ1v) is 6.90. The highest BCUT2D eigenvalue weighted by Crippen LogP contribution is 2.18. The van der Waals surface area contributed by atoms with Gasteiger partial charge in [-0.25, -0.2) is 0 Å². The maximum absolute atomic E-state index is 9.40. The SMILES string of the molecule is CCC(C)N(CCOC)CC(C#N)c1ccccc1. The van der Waals surface area contributed by atoms with Crippen molar-refractivity contribution in [2.24, 2.45) is 0 Å². The van der Waals surface area contributed by atoms with Gasteiger partial charge >= 0.3 is 0 Å². The molecule has 2 atom stereocenters. The molecule has 3 nitrogen and oxygen atoms in total. The number of nitrogens with zero attached hydrogens (tertiary/aromatic N) is 2. The zero-order chi connectivity index (χ0) is 14.1. The second-order valence-electron chi connectivity index (χ2n) is 4.84. The molecular weight excluding hydrogens is 236 g/mol. The molecule has 0 saturated heterocycles. The maximum Gasteiger partial charge on any atom is 0.0839 e. The van der Waals surface area contributed by atoms with Gasteiger partial charge in [0.2, 0.25) is 0 Å². The van der Waals surface area contributed by atoms with Crippen LogP contribution in [-0.4, -0.2) is 37.7 Å². The average molecular weight is 260 g/mol. The van der Waals surface area contributed by atoms with Crippen LogP contribution in [0.4, 0.5) is 0 Å². The van der Waals surface area contributed by atoms with E-state index in [-0.39, 0.29) is 5.92 Å². The normalized spacial score (nSPS) is 14.1. The van der Waals surface area contributed by atoms with E-state index >= 15 is 0 Å². The Morgan fingerprint density at radius 3 is 2.53 bits per heavy atom. The highest BCUT2D eigenvalue weighted by atomic mass is 16.5. The molecule has 0 spiro atoms. The summed E-state index contributed by atoms with van der Waals surface area (Å²) >= 11 is 0. The van der Waals surface area contributed by atoms with Gasteiger partial charge in [-0.15, -0.1) is 0 Å². The monoisotopic (exact) mass is 260 g/mol. The van der Waals surface area contributed by atoms with Crippen LogP contribution in [0.5, 0.6) is 0 Å². The molecule has 0 aromatic heterocycles. The molecule has 1 aromatic rings. The van der Waals surface area contributed by atoms with Crippen LogP contribution < -0.4 is 0 Å². The number of methoxy groups -OCH3 is 1. The summed E-state index contributed by atoms with van der Waals surface area (Å²) in [6.45, 7) is 6.72. The van der Waals surface area contributed by atoms with Crippen molar-refractivity contribution < 1.29 is 4.74 Å². The minimum absolute atomic E-state index is 0.0768. The first-order valence-electron chi connectivity index (χ1n) is 6.90. The minimum Gasteiger partial charge on any atom is -0.383 e. The quantitative estimate of drug-likeness (QED) is 0.721. The fourth-order valence-corrected chi connectivity index (χ4v) is 2.10. The molecule has 0 fully saturated rings. The Morgan fingerprint density at radius 1 is 1.32 bits per heavy atom. The summed E-state index contributed by atoms with van der Waals surface area (Å²) in [5.41, 5.74) is 1.09. The van der Waals surface area contributed by atoms with Crippen molar-refractivity contribution in [3.63, 3.8) is 0 Å². The minimum atomic E-state index is -0.0768. The second-order valence-corrected chi connectivity index (χ2v) is 4.84. The van der Waals surface area contributed by atoms with Crippen molar-refractivity contribution in [2.45, 2.75) is 32.2 Å². The third-order valence-corrected chi connectivity index (χ3v) is 3.57. The van der Waals surface area contributed by atoms with Crippen LogP contribution in [-0.2, 0) is 4.74 Å². The summed E-state index contributed by atoms with van der Waals surface area (Å²) in [4.78, 5) is 2.34. The first-order chi connectivity index (χ1) is 9.22. The molecule has 0 saturated carbocycles. The van der Waals surface area contributed by atoms with Gasteiger partial charge in [0.1, 0.15) is 0 Å². The molecule has 0 N–H and O–H groups in total. The van der Waals surface area contributed by atoms with E-state index in [0.717, 1.165) is 25.1 Å². The number of rotatable bonds is 8. The molecule has 1 aromatic carbocycles. The zero-order valence-corrected chi connectivity index (χ0v) is 12.2. The number of benzene rings is 1. The second kappa shape index (κ2) is 8.68. The van der Waals surface area contributed by atoms with Crippen molar-refractivity contribution in [1.29, 1.82) is 5.26 Å². The van der Waals surface area contributed by atoms with E-state index in [4.69, 9.17) is 4.74 Å². The Balaban J connectivity index is 2.73. The molecule has 0 amide bonds. The molecule has 0 bridgehead atoms. The Morgan fingerprint density at radius 2 is 2.00 bits per heavy atom. The summed E-state index contributed by atoms with van der Waals surface area (Å²) in [6.07, 6.45) is 1.08. The summed E-state index contributed by atoms with van der Waals surface area (Å²) in [5, 5.41) is 9.40. The third-order valence-electron chi connectivity index (χ3n) is 3.57. The van der Waals surface area contributed by atoms with Gasteiger partial charge in [-0.3, -0.25) is 4.90 Å². The summed E-state index contributed by atoms with van der Waals surface area (Å²) < 4.78 is 5.16. The van der Waals surface area contributed by atoms with Gasteiger partial charge in [0.25, 0.3) is 0 Å². The molecule has 0 heterocycles. The fourth-order valence-electron chi connectivity index (χ4n) is 2.10. The van der Waals surface area contributed by atoms with Crippen molar-refractivity contribution in [2.75, 3.05) is 26.8 Å². The van der Waals surface area contributed by atoms with E-state index in [9.17, 15) is 5.26 Å². The fraction of sp³-hybridized carbons (Fsp3) is 0.562. The van der Waals surface area contributed by atoms with E-state index in [0.29, 0.717) is 12.6 Å². The van der Waals surface area contributed by atoms with Crippen molar-refractivity contribution in [3.05, 3.63) is 35.9 Å². The average Bonchev–Trinajstić information content (AvgIpc) is 2.47. The molecule has 0 aliphatic heterocycles. The van der Waals surface area contributed by atoms with Crippen LogP contribution in [0.25, 0.3) is 0 Å². The highest BCUT2D eigenvalue weighted by molar-refractivity contribution is 5.25. The van der Waals surface area contributed by atoms with E-state index in [1.54, 1.807) is 7.11 Å². The van der Waals surface area contributed by atoms with Gasteiger partial charge in [-0.2, -0.15) is 5.26 Å². The van der Waals surface area contributed by atoms with Crippen LogP contribution in [0.1, 0.15) is 31.7 Å². The molecule has 0 aliphatic rings. The third kappa shape index (κ3) is 5.02. The molecule has 0 aliphatic carbocycles. The van der Waals surface area contributed by atoms with Crippen molar-refractivity contribution >= 4 is 0 Å². The lowest BCUT2D eigenvalue weighted by atomic mass is 9.99. The van der Waals surface area contributed by atoms with Gasteiger partial charge < -0.3 is 4.74 Å². The van der Waals surface area contributed by atoms with Gasteiger partial charge in [-0.05, 0) is 18.9 Å². The number of hydrogen-bond acceptors (Lipinski definition) is 3. The van der Waals surface area contributed by atoms with Gasteiger partial charge in [-0.1, -0.05) is 37.3 Å². The smallest absolute Gasteiger partial charge is 0.0839 e. The van der Waals surface area contributed by atoms with Crippen molar-refractivity contribution in [3.8, 4) is 6.07 Å². The van der Waals surface area contributed by atoms with Gasteiger partial charge in [0.05, 0.1) is 18.6 Å². The van der Waals surface area contributed by atoms with Crippen molar-refractivity contribution in [1.82, 2.24) is 4.90 Å². The number of hydrogen-bond donors (Lipinski definition) is 0. The maximum atomic E-state index is 9.40. The number of ether oxygens (including phenoxy) is 1. The Labute approximate surface area is 116 Å². The van der Waals surface area contributed by atoms with E-state index < -0.39 is 0 Å². The summed E-state index contributed by atoms with van der Waals surface area (Å²) in [7, 11) is 1.72. The summed E-state index contributed by atoms with van der Waals surface area (Å²) in [5.74, 6) is -0.0768. The van der Waals surface area contributed by atoms with Crippen LogP contribution in [0.3, 0.4) is 0 Å². The highest BCUT2D eigenvalue weighted by Gasteiger charge is 2.18. The van der Waals surface area contributed by atoms with Crippen LogP contribution >= 0.6 is 0 Å². The van der Waals surface area contributed by atoms with Gasteiger partial charge in [0, 0.05) is 26.2 Å². The van der Waals surface area contributed by atoms with E-state index in [1.165, 1.54) is 0 Å². The molecule has 1 rings (SSSR count). The Kier molecular flexibility index (Phi) is 7.17. The predicted octanol–water partition coefficient (Wildman–Crippen LogP) is 3.04. The van der Waals surface area contributed by atoms with Gasteiger partial charge in [0.15, 0.2) is 0 Å². The van der Waals surface area contributed by atoms with Crippen LogP contribution in [0.2, 0.25) is 0 Å². The molecule has 104 valence electrons. The lowest BCUT2D eigenvalue weighted by Crippen LogP contribution is -2.38. The summed E-state index contributed by atoms with van der Waals surface area (Å²) in [6, 6.07) is 12.9. The van der Waals surface area contributed by atoms with E-state index in [2.05, 4.69) is 24.8 Å². The molecular formula is C16H24N2O. The molecule has 19 heavy (non-hydrogen) atoms. The van der Waals surface area contributed by atoms with Crippen LogP contribution in [0.15, 0.2) is 30.3 Å². The topological polar surface area (TPSA) is 36.3 Å². The molecule has 2 unspecified atom stereocenters. The molecule has 3 heteroatoms. The van der Waals surface area contributed by atoms with Crippen LogP contribution in [0, 0.1) is 11.3 Å². The molecule has 0 radical (unpaired) electrons. The Bertz CT molecular complexity index is 385. The van der Waals surface area contributed by atoms with E-state index in [1.807, 2.05) is 30.3 Å². The predicted molar refractivity (Wildman–Crippen MR) is 78.0 cm³/mol. The lowest BCUT2D eigenvalue weighted by molar-refractivity contribution is 0.121. The first kappa shape index (κ1) is 15.7. The number of nitriles is 1. The standard InChI is InChI=1S/C16H24N2O/c1-4-14(2)18(10-11-19-3)13-16(12-17)15-8-6-5-7-9-15/h5-9,14,16H,4,10-11,13H2,1-3H3. The lowest BCUT2D eigenvalue weighted by Gasteiger charge is -2.30.